The third-order valence-corrected chi connectivity index (χ3v) is 4.11. The van der Waals surface area contributed by atoms with Gasteiger partial charge in [-0.15, -0.1) is 0 Å². The van der Waals surface area contributed by atoms with Crippen LogP contribution in [0.3, 0.4) is 0 Å². The Morgan fingerprint density at radius 3 is 2.67 bits per heavy atom. The zero-order chi connectivity index (χ0) is 13.3. The Morgan fingerprint density at radius 2 is 2.17 bits per heavy atom. The van der Waals surface area contributed by atoms with E-state index in [-0.39, 0.29) is 0 Å². The van der Waals surface area contributed by atoms with Gasteiger partial charge in [0, 0.05) is 44.2 Å². The lowest BCUT2D eigenvalue weighted by atomic mass is 10.2. The summed E-state index contributed by atoms with van der Waals surface area (Å²) in [5.74, 6) is 0.885. The van der Waals surface area contributed by atoms with Gasteiger partial charge in [-0.2, -0.15) is 9.47 Å². The third-order valence-electron chi connectivity index (χ3n) is 2.77. The van der Waals surface area contributed by atoms with Crippen LogP contribution in [0.2, 0.25) is 5.15 Å². The van der Waals surface area contributed by atoms with Gasteiger partial charge < -0.3 is 4.90 Å². The number of aryl methyl sites for hydroxylation is 3. The Morgan fingerprint density at radius 1 is 1.44 bits per heavy atom. The summed E-state index contributed by atoms with van der Waals surface area (Å²) in [5.41, 5.74) is 1.99. The molecule has 0 aromatic carbocycles. The Balaban J connectivity index is 2.18. The van der Waals surface area contributed by atoms with Crippen LogP contribution in [0.25, 0.3) is 0 Å². The molecule has 0 bridgehead atoms. The van der Waals surface area contributed by atoms with E-state index in [0.717, 1.165) is 28.6 Å². The van der Waals surface area contributed by atoms with Gasteiger partial charge >= 0.3 is 0 Å². The molecule has 0 unspecified atom stereocenters. The van der Waals surface area contributed by atoms with Crippen molar-refractivity contribution in [1.82, 2.24) is 19.1 Å². The van der Waals surface area contributed by atoms with Crippen molar-refractivity contribution < 1.29 is 0 Å². The first kappa shape index (κ1) is 13.3. The normalized spacial score (nSPS) is 10.9. The Hall–Kier alpha value is -1.14. The Kier molecular flexibility index (Phi) is 3.87. The van der Waals surface area contributed by atoms with Gasteiger partial charge in [0.25, 0.3) is 0 Å². The molecule has 2 aromatic rings. The third kappa shape index (κ3) is 2.49. The van der Waals surface area contributed by atoms with Crippen LogP contribution in [0, 0.1) is 6.92 Å². The van der Waals surface area contributed by atoms with Gasteiger partial charge in [-0.05, 0) is 6.92 Å². The molecule has 0 spiro atoms. The number of aromatic nitrogens is 4. The zero-order valence-corrected chi connectivity index (χ0v) is 12.5. The van der Waals surface area contributed by atoms with E-state index in [0.29, 0.717) is 11.7 Å². The van der Waals surface area contributed by atoms with E-state index in [4.69, 9.17) is 11.6 Å². The molecule has 0 radical (unpaired) electrons. The SMILES string of the molecule is CCc1nsc(N(C)Cc2c(C)nn(C)c2Cl)n1. The standard InChI is InChI=1S/C11H16ClN5S/c1-5-9-13-11(18-15-9)16(3)6-8-7(2)14-17(4)10(8)12/h5-6H2,1-4H3. The lowest BCUT2D eigenvalue weighted by Crippen LogP contribution is -2.16. The smallest absolute Gasteiger partial charge is 0.205 e. The number of hydrogen-bond donors (Lipinski definition) is 0. The van der Waals surface area contributed by atoms with Crippen molar-refractivity contribution in [1.29, 1.82) is 0 Å². The Bertz CT molecular complexity index is 548. The first-order chi connectivity index (χ1) is 8.52. The lowest BCUT2D eigenvalue weighted by Gasteiger charge is -2.14. The van der Waals surface area contributed by atoms with Gasteiger partial charge in [0.05, 0.1) is 5.69 Å². The predicted molar refractivity (Wildman–Crippen MR) is 74.3 cm³/mol. The lowest BCUT2D eigenvalue weighted by molar-refractivity contribution is 0.757. The highest BCUT2D eigenvalue weighted by molar-refractivity contribution is 7.09. The molecule has 2 aromatic heterocycles. The number of rotatable bonds is 4. The summed E-state index contributed by atoms with van der Waals surface area (Å²) >= 11 is 7.63. The predicted octanol–water partition coefficient (Wildman–Crippen LogP) is 2.43. The maximum absolute atomic E-state index is 6.22. The van der Waals surface area contributed by atoms with E-state index in [9.17, 15) is 0 Å². The van der Waals surface area contributed by atoms with E-state index in [1.54, 1.807) is 4.68 Å². The van der Waals surface area contributed by atoms with Gasteiger partial charge in [0.1, 0.15) is 11.0 Å². The minimum Gasteiger partial charge on any atom is -0.345 e. The van der Waals surface area contributed by atoms with E-state index < -0.39 is 0 Å². The van der Waals surface area contributed by atoms with Gasteiger partial charge in [-0.3, -0.25) is 4.68 Å². The van der Waals surface area contributed by atoms with Crippen molar-refractivity contribution in [2.45, 2.75) is 26.8 Å². The minimum absolute atomic E-state index is 0.680. The molecule has 0 aliphatic carbocycles. The fourth-order valence-electron chi connectivity index (χ4n) is 1.70. The van der Waals surface area contributed by atoms with Crippen molar-refractivity contribution in [3.05, 3.63) is 22.2 Å². The van der Waals surface area contributed by atoms with Crippen LogP contribution in [-0.2, 0) is 20.0 Å². The highest BCUT2D eigenvalue weighted by Crippen LogP contribution is 2.24. The van der Waals surface area contributed by atoms with E-state index in [1.807, 2.05) is 32.8 Å². The molecule has 0 amide bonds. The fraction of sp³-hybridized carbons (Fsp3) is 0.545. The van der Waals surface area contributed by atoms with Crippen LogP contribution in [-0.4, -0.2) is 26.2 Å². The highest BCUT2D eigenvalue weighted by atomic mass is 35.5. The second kappa shape index (κ2) is 5.24. The van der Waals surface area contributed by atoms with Crippen molar-refractivity contribution >= 4 is 28.3 Å². The van der Waals surface area contributed by atoms with Crippen LogP contribution in [0.1, 0.15) is 24.0 Å². The molecular weight excluding hydrogens is 270 g/mol. The molecule has 0 aliphatic rings. The quantitative estimate of drug-likeness (QED) is 0.866. The molecule has 0 fully saturated rings. The van der Waals surface area contributed by atoms with Crippen LogP contribution < -0.4 is 4.90 Å². The Labute approximate surface area is 116 Å². The molecule has 7 heteroatoms. The average Bonchev–Trinajstić information content (AvgIpc) is 2.90. The number of halogens is 1. The van der Waals surface area contributed by atoms with E-state index in [1.165, 1.54) is 11.5 Å². The van der Waals surface area contributed by atoms with Crippen LogP contribution >= 0.6 is 23.1 Å². The molecule has 98 valence electrons. The molecule has 0 atom stereocenters. The summed E-state index contributed by atoms with van der Waals surface area (Å²) in [6.45, 7) is 4.71. The molecule has 5 nitrogen and oxygen atoms in total. The molecule has 2 rings (SSSR count). The second-order valence-electron chi connectivity index (χ2n) is 4.18. The van der Waals surface area contributed by atoms with Crippen molar-refractivity contribution in [2.75, 3.05) is 11.9 Å². The molecule has 0 N–H and O–H groups in total. The molecular formula is C11H16ClN5S. The summed E-state index contributed by atoms with van der Waals surface area (Å²) in [7, 11) is 3.84. The van der Waals surface area contributed by atoms with Crippen molar-refractivity contribution in [2.24, 2.45) is 7.05 Å². The van der Waals surface area contributed by atoms with Gasteiger partial charge in [0.15, 0.2) is 0 Å². The number of nitrogens with zero attached hydrogens (tertiary/aromatic N) is 5. The number of hydrogen-bond acceptors (Lipinski definition) is 5. The van der Waals surface area contributed by atoms with Crippen molar-refractivity contribution in [3.8, 4) is 0 Å². The summed E-state index contributed by atoms with van der Waals surface area (Å²) < 4.78 is 5.97. The summed E-state index contributed by atoms with van der Waals surface area (Å²) in [5, 5.41) is 5.89. The number of anilines is 1. The topological polar surface area (TPSA) is 46.8 Å². The monoisotopic (exact) mass is 285 g/mol. The van der Waals surface area contributed by atoms with E-state index in [2.05, 4.69) is 14.5 Å². The van der Waals surface area contributed by atoms with E-state index >= 15 is 0 Å². The minimum atomic E-state index is 0.680. The van der Waals surface area contributed by atoms with Crippen LogP contribution in [0.4, 0.5) is 5.13 Å². The highest BCUT2D eigenvalue weighted by Gasteiger charge is 2.15. The van der Waals surface area contributed by atoms with Crippen LogP contribution in [0.5, 0.6) is 0 Å². The summed E-state index contributed by atoms with van der Waals surface area (Å²) in [6.07, 6.45) is 0.858. The molecule has 0 saturated heterocycles. The molecule has 18 heavy (non-hydrogen) atoms. The average molecular weight is 286 g/mol. The first-order valence-corrected chi connectivity index (χ1v) is 6.89. The zero-order valence-electron chi connectivity index (χ0n) is 10.9. The summed E-state index contributed by atoms with van der Waals surface area (Å²) in [4.78, 5) is 6.50. The van der Waals surface area contributed by atoms with Crippen molar-refractivity contribution in [3.63, 3.8) is 0 Å². The fourth-order valence-corrected chi connectivity index (χ4v) is 2.64. The molecule has 2 heterocycles. The summed E-state index contributed by atoms with van der Waals surface area (Å²) in [6, 6.07) is 0. The van der Waals surface area contributed by atoms with Gasteiger partial charge in [-0.1, -0.05) is 18.5 Å². The molecule has 0 saturated carbocycles. The van der Waals surface area contributed by atoms with Gasteiger partial charge in [0.2, 0.25) is 5.13 Å². The first-order valence-electron chi connectivity index (χ1n) is 5.74. The van der Waals surface area contributed by atoms with Gasteiger partial charge in [-0.25, -0.2) is 4.98 Å². The largest absolute Gasteiger partial charge is 0.345 e. The van der Waals surface area contributed by atoms with Crippen LogP contribution in [0.15, 0.2) is 0 Å². The maximum Gasteiger partial charge on any atom is 0.205 e. The molecule has 0 aliphatic heterocycles. The maximum atomic E-state index is 6.22. The second-order valence-corrected chi connectivity index (χ2v) is 5.27.